The first-order valence-electron chi connectivity index (χ1n) is 22.5. The number of benzene rings is 8. The van der Waals surface area contributed by atoms with E-state index in [-0.39, 0.29) is 24.3 Å². The maximum Gasteiger partial charge on any atom is 0.247 e. The Morgan fingerprint density at radius 1 is 0.435 bits per heavy atom. The topological polar surface area (TPSA) is 8.17 Å². The minimum Gasteiger partial charge on any atom is -0.313 e. The molecule has 1 aromatic heterocycles. The van der Waals surface area contributed by atoms with Crippen molar-refractivity contribution < 1.29 is 0 Å². The number of rotatable bonds is 2. The Morgan fingerprint density at radius 2 is 0.903 bits per heavy atom. The Kier molecular flexibility index (Phi) is 7.06. The lowest BCUT2D eigenvalue weighted by Crippen LogP contribution is -2.70. The van der Waals surface area contributed by atoms with Gasteiger partial charge in [-0.3, -0.25) is 0 Å². The predicted molar refractivity (Wildman–Crippen MR) is 266 cm³/mol. The molecule has 0 amide bonds. The third-order valence-corrected chi connectivity index (χ3v) is 15.6. The minimum atomic E-state index is -0.146. The fourth-order valence-electron chi connectivity index (χ4n) is 13.2. The molecule has 0 fully saturated rings. The molecule has 296 valence electrons. The van der Waals surface area contributed by atoms with Crippen molar-refractivity contribution in [1.29, 1.82) is 0 Å². The van der Waals surface area contributed by atoms with E-state index in [4.69, 9.17) is 0 Å². The predicted octanol–water partition coefficient (Wildman–Crippen LogP) is 10.1. The Bertz CT molecular complexity index is 3270. The van der Waals surface area contributed by atoms with Crippen LogP contribution in [0.15, 0.2) is 146 Å². The lowest BCUT2D eigenvalue weighted by molar-refractivity contribution is 0.640. The third kappa shape index (κ3) is 4.47. The van der Waals surface area contributed by atoms with Gasteiger partial charge in [0, 0.05) is 44.4 Å². The van der Waals surface area contributed by atoms with Crippen LogP contribution in [-0.4, -0.2) is 18.0 Å². The van der Waals surface area contributed by atoms with Gasteiger partial charge in [-0.1, -0.05) is 147 Å². The second kappa shape index (κ2) is 12.1. The number of aromatic nitrogens is 1. The normalized spacial score (nSPS) is 15.6. The second-order valence-electron chi connectivity index (χ2n) is 19.9. The number of hydrogen-bond donors (Lipinski definition) is 0. The standard InChI is InChI=1S/C58H48B2N2/c1-33-17-25-48-40(29-33)41-30-34(2)18-26-49(41)61(48)39-23-21-37(22-24-39)38-31-46-56-47(32-38)60-45-16-12-10-14-43(45)58(7,8)53-36(4)20-28-51(55(53)60)62(56)50-27-19-35(3)52-54(50)59(46)44-15-11-9-13-42(44)57(52,5)6/h9-32H,1-8H3. The highest BCUT2D eigenvalue weighted by molar-refractivity contribution is 7.03. The molecule has 0 bridgehead atoms. The molecular weight excluding hydrogens is 746 g/mol. The van der Waals surface area contributed by atoms with E-state index in [1.807, 2.05) is 0 Å². The molecule has 5 heterocycles. The molecule has 62 heavy (non-hydrogen) atoms. The van der Waals surface area contributed by atoms with Gasteiger partial charge < -0.3 is 9.47 Å². The Hall–Kier alpha value is -6.51. The van der Waals surface area contributed by atoms with Gasteiger partial charge in [-0.05, 0) is 143 Å². The van der Waals surface area contributed by atoms with E-state index in [9.17, 15) is 0 Å². The van der Waals surface area contributed by atoms with Gasteiger partial charge in [-0.2, -0.15) is 0 Å². The molecule has 2 nitrogen and oxygen atoms in total. The summed E-state index contributed by atoms with van der Waals surface area (Å²) in [6, 6.07) is 56.6. The van der Waals surface area contributed by atoms with E-state index in [0.717, 1.165) is 0 Å². The van der Waals surface area contributed by atoms with Crippen LogP contribution in [0.3, 0.4) is 0 Å². The molecule has 0 unspecified atom stereocenters. The maximum absolute atomic E-state index is 2.70. The van der Waals surface area contributed by atoms with Crippen LogP contribution in [-0.2, 0) is 10.8 Å². The fourth-order valence-corrected chi connectivity index (χ4v) is 13.2. The van der Waals surface area contributed by atoms with E-state index in [0.29, 0.717) is 0 Å². The summed E-state index contributed by atoms with van der Waals surface area (Å²) >= 11 is 0. The highest BCUT2D eigenvalue weighted by atomic mass is 15.2. The number of aryl methyl sites for hydroxylation is 4. The van der Waals surface area contributed by atoms with Gasteiger partial charge in [-0.25, -0.2) is 0 Å². The molecule has 0 spiro atoms. The Labute approximate surface area is 366 Å². The summed E-state index contributed by atoms with van der Waals surface area (Å²) in [7, 11) is 0. The second-order valence-corrected chi connectivity index (χ2v) is 19.9. The molecule has 0 aliphatic carbocycles. The monoisotopic (exact) mass is 794 g/mol. The molecule has 4 aliphatic heterocycles. The van der Waals surface area contributed by atoms with Gasteiger partial charge >= 0.3 is 0 Å². The molecule has 4 heteroatoms. The molecule has 8 aromatic carbocycles. The van der Waals surface area contributed by atoms with Crippen LogP contribution in [0.25, 0.3) is 38.6 Å². The van der Waals surface area contributed by atoms with E-state index in [2.05, 4.69) is 210 Å². The summed E-state index contributed by atoms with van der Waals surface area (Å²) < 4.78 is 2.45. The SMILES string of the molecule is Cc1ccc2c(c1)c1cc(C)ccc1n2-c1ccc(-c2cc3c4c(c2)B2c5ccccc5C(C)(C)c5c(C)ccc(c52)N4c2ccc(C)c4c2B3c2ccccc2C4(C)C)cc1. The Balaban J connectivity index is 1.11. The van der Waals surface area contributed by atoms with Gasteiger partial charge in [0.15, 0.2) is 0 Å². The molecule has 0 saturated heterocycles. The molecule has 0 atom stereocenters. The number of fused-ring (bicyclic) bond motifs is 11. The lowest BCUT2D eigenvalue weighted by Gasteiger charge is -2.51. The highest BCUT2D eigenvalue weighted by Crippen LogP contribution is 2.47. The van der Waals surface area contributed by atoms with Crippen molar-refractivity contribution in [3.63, 3.8) is 0 Å². The molecule has 0 radical (unpaired) electrons. The summed E-state index contributed by atoms with van der Waals surface area (Å²) in [5.41, 5.74) is 29.7. The summed E-state index contributed by atoms with van der Waals surface area (Å²) in [6.07, 6.45) is 0. The largest absolute Gasteiger partial charge is 0.313 e. The maximum atomic E-state index is 2.70. The lowest BCUT2D eigenvalue weighted by atomic mass is 9.26. The first-order chi connectivity index (χ1) is 29.9. The van der Waals surface area contributed by atoms with Crippen LogP contribution in [0, 0.1) is 27.7 Å². The van der Waals surface area contributed by atoms with Crippen LogP contribution < -0.4 is 37.7 Å². The average molecular weight is 795 g/mol. The van der Waals surface area contributed by atoms with Crippen LogP contribution in [0.1, 0.15) is 72.2 Å². The molecule has 9 aromatic rings. The molecule has 13 rings (SSSR count). The minimum absolute atomic E-state index is 0.111. The summed E-state index contributed by atoms with van der Waals surface area (Å²) in [5, 5.41) is 2.62. The first-order valence-corrected chi connectivity index (χ1v) is 22.5. The molecule has 0 saturated carbocycles. The summed E-state index contributed by atoms with van der Waals surface area (Å²) in [4.78, 5) is 2.70. The zero-order valence-electron chi connectivity index (χ0n) is 36.9. The highest BCUT2D eigenvalue weighted by Gasteiger charge is 2.52. The van der Waals surface area contributed by atoms with Crippen LogP contribution in [0.4, 0.5) is 17.1 Å². The van der Waals surface area contributed by atoms with E-state index >= 15 is 0 Å². The number of anilines is 3. The summed E-state index contributed by atoms with van der Waals surface area (Å²) in [5.74, 6) is 0. The van der Waals surface area contributed by atoms with Crippen molar-refractivity contribution in [3.8, 4) is 16.8 Å². The van der Waals surface area contributed by atoms with Crippen molar-refractivity contribution in [3.05, 3.63) is 190 Å². The van der Waals surface area contributed by atoms with Crippen molar-refractivity contribution in [1.82, 2.24) is 4.57 Å². The van der Waals surface area contributed by atoms with Crippen molar-refractivity contribution in [2.75, 3.05) is 4.90 Å². The average Bonchev–Trinajstić information content (AvgIpc) is 3.57. The Morgan fingerprint density at radius 3 is 1.39 bits per heavy atom. The quantitative estimate of drug-likeness (QED) is 0.158. The van der Waals surface area contributed by atoms with Gasteiger partial charge in [0.25, 0.3) is 0 Å². The third-order valence-electron chi connectivity index (χ3n) is 15.6. The van der Waals surface area contributed by atoms with Gasteiger partial charge in [0.1, 0.15) is 0 Å². The first kappa shape index (κ1) is 36.2. The molecule has 4 aliphatic rings. The summed E-state index contributed by atoms with van der Waals surface area (Å²) in [6.45, 7) is 19.1. The van der Waals surface area contributed by atoms with Gasteiger partial charge in [-0.15, -0.1) is 0 Å². The zero-order valence-corrected chi connectivity index (χ0v) is 36.9. The van der Waals surface area contributed by atoms with Crippen LogP contribution in [0.5, 0.6) is 0 Å². The molecule has 0 N–H and O–H groups in total. The fraction of sp³-hybridized carbons (Fsp3) is 0.172. The van der Waals surface area contributed by atoms with Crippen molar-refractivity contribution in [2.24, 2.45) is 0 Å². The van der Waals surface area contributed by atoms with Gasteiger partial charge in [0.2, 0.25) is 13.4 Å². The number of nitrogens with zero attached hydrogens (tertiary/aromatic N) is 2. The van der Waals surface area contributed by atoms with Gasteiger partial charge in [0.05, 0.1) is 11.0 Å². The van der Waals surface area contributed by atoms with Crippen LogP contribution >= 0.6 is 0 Å². The van der Waals surface area contributed by atoms with E-state index in [1.54, 1.807) is 0 Å². The van der Waals surface area contributed by atoms with Crippen LogP contribution in [0.2, 0.25) is 0 Å². The van der Waals surface area contributed by atoms with E-state index in [1.165, 1.54) is 133 Å². The smallest absolute Gasteiger partial charge is 0.247 e. The molecular formula is C58H48B2N2. The zero-order chi connectivity index (χ0) is 42.1. The van der Waals surface area contributed by atoms with Crippen molar-refractivity contribution in [2.45, 2.75) is 66.2 Å². The van der Waals surface area contributed by atoms with Crippen molar-refractivity contribution >= 4 is 85.1 Å². The number of hydrogen-bond acceptors (Lipinski definition) is 1. The van der Waals surface area contributed by atoms with E-state index < -0.39 is 0 Å².